The number of nitrogens with zero attached hydrogens (tertiary/aromatic N) is 2. The Balaban J connectivity index is 3.19. The van der Waals surface area contributed by atoms with Gasteiger partial charge in [0.2, 0.25) is 0 Å². The third-order valence-electron chi connectivity index (χ3n) is 2.57. The quantitative estimate of drug-likeness (QED) is 0.786. The van der Waals surface area contributed by atoms with Crippen LogP contribution in [0.2, 0.25) is 0 Å². The van der Waals surface area contributed by atoms with E-state index in [2.05, 4.69) is 0 Å². The third kappa shape index (κ3) is 2.37. The topological polar surface area (TPSA) is 27.0 Å². The summed E-state index contributed by atoms with van der Waals surface area (Å²) in [6.45, 7) is 4.85. The smallest absolute Gasteiger partial charge is 0.132 e. The summed E-state index contributed by atoms with van der Waals surface area (Å²) in [4.78, 5) is 1.71. The van der Waals surface area contributed by atoms with Crippen LogP contribution < -0.4 is 0 Å². The van der Waals surface area contributed by atoms with Gasteiger partial charge in [-0.3, -0.25) is 4.90 Å². The molecule has 1 aromatic rings. The fraction of sp³-hybridized carbons (Fsp3) is 0.417. The van der Waals surface area contributed by atoms with Gasteiger partial charge in [-0.1, -0.05) is 19.9 Å². The average Bonchev–Trinajstić information content (AvgIpc) is 2.28. The summed E-state index contributed by atoms with van der Waals surface area (Å²) in [5.41, 5.74) is -0.159. The summed E-state index contributed by atoms with van der Waals surface area (Å²) < 4.78 is 27.0. The Bertz CT molecular complexity index is 374. The lowest BCUT2D eigenvalue weighted by Crippen LogP contribution is -2.28. The second-order valence-electron chi connectivity index (χ2n) is 3.39. The lowest BCUT2D eigenvalue weighted by molar-refractivity contribution is 0.252. The van der Waals surface area contributed by atoms with Crippen molar-refractivity contribution in [1.29, 1.82) is 5.26 Å². The van der Waals surface area contributed by atoms with E-state index in [1.54, 1.807) is 4.90 Å². The molecule has 86 valence electrons. The molecule has 1 atom stereocenters. The summed E-state index contributed by atoms with van der Waals surface area (Å²) in [6, 6.07) is 4.73. The molecule has 0 heterocycles. The zero-order chi connectivity index (χ0) is 12.1. The van der Waals surface area contributed by atoms with E-state index in [9.17, 15) is 8.78 Å². The van der Waals surface area contributed by atoms with Crippen LogP contribution in [0, 0.1) is 23.0 Å². The lowest BCUT2D eigenvalue weighted by atomic mass is 10.1. The van der Waals surface area contributed by atoms with Crippen LogP contribution >= 0.6 is 0 Å². The molecule has 1 unspecified atom stereocenters. The van der Waals surface area contributed by atoms with Crippen molar-refractivity contribution in [2.75, 3.05) is 13.1 Å². The summed E-state index contributed by atoms with van der Waals surface area (Å²) in [5.74, 6) is -1.34. The molecule has 0 fully saturated rings. The number of hydrogen-bond acceptors (Lipinski definition) is 2. The Morgan fingerprint density at radius 2 is 1.75 bits per heavy atom. The summed E-state index contributed by atoms with van der Waals surface area (Å²) >= 11 is 0. The fourth-order valence-corrected chi connectivity index (χ4v) is 1.69. The van der Waals surface area contributed by atoms with Gasteiger partial charge in [0.1, 0.15) is 17.7 Å². The second kappa shape index (κ2) is 5.57. The maximum Gasteiger partial charge on any atom is 0.132 e. The zero-order valence-corrected chi connectivity index (χ0v) is 9.37. The van der Waals surface area contributed by atoms with E-state index in [4.69, 9.17) is 5.26 Å². The van der Waals surface area contributed by atoms with Crippen LogP contribution in [0.1, 0.15) is 25.5 Å². The van der Waals surface area contributed by atoms with Crippen LogP contribution in [0.5, 0.6) is 0 Å². The van der Waals surface area contributed by atoms with E-state index in [1.807, 2.05) is 19.9 Å². The molecule has 1 aromatic carbocycles. The minimum Gasteiger partial charge on any atom is -0.285 e. The van der Waals surface area contributed by atoms with Gasteiger partial charge in [-0.05, 0) is 25.2 Å². The van der Waals surface area contributed by atoms with Gasteiger partial charge in [0, 0.05) is 0 Å². The molecule has 0 aromatic heterocycles. The first-order valence-corrected chi connectivity index (χ1v) is 5.23. The first kappa shape index (κ1) is 12.6. The predicted molar refractivity (Wildman–Crippen MR) is 57.6 cm³/mol. The molecule has 0 radical (unpaired) electrons. The van der Waals surface area contributed by atoms with Gasteiger partial charge >= 0.3 is 0 Å². The largest absolute Gasteiger partial charge is 0.285 e. The molecule has 0 aliphatic rings. The second-order valence-corrected chi connectivity index (χ2v) is 3.39. The van der Waals surface area contributed by atoms with Crippen LogP contribution in [-0.4, -0.2) is 18.0 Å². The summed E-state index contributed by atoms with van der Waals surface area (Å²) in [7, 11) is 0. The zero-order valence-electron chi connectivity index (χ0n) is 9.37. The van der Waals surface area contributed by atoms with Crippen LogP contribution in [0.25, 0.3) is 0 Å². The minimum atomic E-state index is -0.865. The summed E-state index contributed by atoms with van der Waals surface area (Å²) in [6.07, 6.45) is 0. The standard InChI is InChI=1S/C12H14F2N2/c1-3-16(4-2)11(8-15)12-9(13)6-5-7-10(12)14/h5-7,11H,3-4H2,1-2H3. The van der Waals surface area contributed by atoms with Gasteiger partial charge in [-0.2, -0.15) is 5.26 Å². The highest BCUT2D eigenvalue weighted by atomic mass is 19.1. The maximum absolute atomic E-state index is 13.5. The van der Waals surface area contributed by atoms with Gasteiger partial charge < -0.3 is 0 Å². The van der Waals surface area contributed by atoms with Crippen molar-refractivity contribution in [3.8, 4) is 6.07 Å². The van der Waals surface area contributed by atoms with Crippen molar-refractivity contribution in [3.05, 3.63) is 35.4 Å². The molecule has 0 bridgehead atoms. The number of benzene rings is 1. The van der Waals surface area contributed by atoms with E-state index in [0.717, 1.165) is 0 Å². The molecule has 0 amide bonds. The van der Waals surface area contributed by atoms with Crippen molar-refractivity contribution < 1.29 is 8.78 Å². The first-order chi connectivity index (χ1) is 7.65. The van der Waals surface area contributed by atoms with Gasteiger partial charge in [0.15, 0.2) is 0 Å². The number of rotatable bonds is 4. The molecule has 0 N–H and O–H groups in total. The van der Waals surface area contributed by atoms with Gasteiger partial charge in [-0.15, -0.1) is 0 Å². The normalized spacial score (nSPS) is 12.5. The van der Waals surface area contributed by atoms with E-state index in [-0.39, 0.29) is 5.56 Å². The third-order valence-corrected chi connectivity index (χ3v) is 2.57. The molecular formula is C12H14F2N2. The van der Waals surface area contributed by atoms with Gasteiger partial charge in [0.25, 0.3) is 0 Å². The Morgan fingerprint density at radius 1 is 1.25 bits per heavy atom. The Labute approximate surface area is 94.1 Å². The Kier molecular flexibility index (Phi) is 4.39. The Hall–Kier alpha value is -1.47. The highest BCUT2D eigenvalue weighted by Gasteiger charge is 2.24. The molecule has 1 rings (SSSR count). The molecule has 0 saturated carbocycles. The molecule has 4 heteroatoms. The van der Waals surface area contributed by atoms with Crippen LogP contribution in [0.4, 0.5) is 8.78 Å². The molecule has 0 saturated heterocycles. The first-order valence-electron chi connectivity index (χ1n) is 5.23. The van der Waals surface area contributed by atoms with Gasteiger partial charge in [0.05, 0.1) is 11.6 Å². The Morgan fingerprint density at radius 3 is 2.12 bits per heavy atom. The minimum absolute atomic E-state index is 0.159. The highest BCUT2D eigenvalue weighted by molar-refractivity contribution is 5.27. The van der Waals surface area contributed by atoms with Crippen molar-refractivity contribution in [2.45, 2.75) is 19.9 Å². The molecule has 0 aliphatic heterocycles. The molecular weight excluding hydrogens is 210 g/mol. The number of nitriles is 1. The number of hydrogen-bond donors (Lipinski definition) is 0. The van der Waals surface area contributed by atoms with E-state index in [0.29, 0.717) is 13.1 Å². The monoisotopic (exact) mass is 224 g/mol. The van der Waals surface area contributed by atoms with Crippen molar-refractivity contribution in [3.63, 3.8) is 0 Å². The maximum atomic E-state index is 13.5. The van der Waals surface area contributed by atoms with Crippen LogP contribution in [0.15, 0.2) is 18.2 Å². The van der Waals surface area contributed by atoms with Crippen LogP contribution in [0.3, 0.4) is 0 Å². The summed E-state index contributed by atoms with van der Waals surface area (Å²) in [5, 5.41) is 9.04. The van der Waals surface area contributed by atoms with Gasteiger partial charge in [-0.25, -0.2) is 8.78 Å². The van der Waals surface area contributed by atoms with E-state index < -0.39 is 17.7 Å². The van der Waals surface area contributed by atoms with Crippen LogP contribution in [-0.2, 0) is 0 Å². The highest BCUT2D eigenvalue weighted by Crippen LogP contribution is 2.25. The van der Waals surface area contributed by atoms with Crippen molar-refractivity contribution in [2.24, 2.45) is 0 Å². The fourth-order valence-electron chi connectivity index (χ4n) is 1.69. The molecule has 0 aliphatic carbocycles. The van der Waals surface area contributed by atoms with E-state index in [1.165, 1.54) is 18.2 Å². The molecule has 16 heavy (non-hydrogen) atoms. The van der Waals surface area contributed by atoms with E-state index >= 15 is 0 Å². The molecule has 0 spiro atoms. The predicted octanol–water partition coefficient (Wildman–Crippen LogP) is 2.87. The number of halogens is 2. The van der Waals surface area contributed by atoms with Crippen molar-refractivity contribution >= 4 is 0 Å². The van der Waals surface area contributed by atoms with Crippen molar-refractivity contribution in [1.82, 2.24) is 4.90 Å². The molecule has 2 nitrogen and oxygen atoms in total. The average molecular weight is 224 g/mol. The lowest BCUT2D eigenvalue weighted by Gasteiger charge is -2.24. The SMILES string of the molecule is CCN(CC)C(C#N)c1c(F)cccc1F.